The number of carbonyl (C=O) groups excluding carboxylic acids is 1. The van der Waals surface area contributed by atoms with Crippen LogP contribution in [-0.4, -0.2) is 18.6 Å². The van der Waals surface area contributed by atoms with Crippen LogP contribution >= 0.6 is 0 Å². The maximum absolute atomic E-state index is 11.6. The van der Waals surface area contributed by atoms with E-state index in [1.165, 1.54) is 0 Å². The fourth-order valence-electron chi connectivity index (χ4n) is 1.36. The van der Waals surface area contributed by atoms with Gasteiger partial charge in [0.25, 0.3) is 0 Å². The second-order valence-electron chi connectivity index (χ2n) is 4.41. The van der Waals surface area contributed by atoms with E-state index in [-0.39, 0.29) is 12.3 Å². The summed E-state index contributed by atoms with van der Waals surface area (Å²) in [5, 5.41) is 2.77. The van der Waals surface area contributed by atoms with Crippen LogP contribution in [0.5, 0.6) is 5.75 Å². The highest BCUT2D eigenvalue weighted by Crippen LogP contribution is 2.23. The fraction of sp³-hybridized carbons (Fsp3) is 0.417. The van der Waals surface area contributed by atoms with Gasteiger partial charge in [-0.1, -0.05) is 12.1 Å². The van der Waals surface area contributed by atoms with Gasteiger partial charge >= 0.3 is 0 Å². The average molecular weight is 222 g/mol. The molecule has 4 nitrogen and oxygen atoms in total. The van der Waals surface area contributed by atoms with Crippen LogP contribution in [0.1, 0.15) is 20.3 Å². The Kier molecular flexibility index (Phi) is 3.90. The van der Waals surface area contributed by atoms with E-state index in [1.54, 1.807) is 19.2 Å². The van der Waals surface area contributed by atoms with Crippen molar-refractivity contribution in [2.45, 2.75) is 25.8 Å². The summed E-state index contributed by atoms with van der Waals surface area (Å²) < 4.78 is 5.13. The van der Waals surface area contributed by atoms with Crippen molar-refractivity contribution in [1.29, 1.82) is 0 Å². The predicted molar refractivity (Wildman–Crippen MR) is 64.5 cm³/mol. The van der Waals surface area contributed by atoms with Crippen molar-refractivity contribution in [3.63, 3.8) is 0 Å². The van der Waals surface area contributed by atoms with Gasteiger partial charge in [-0.25, -0.2) is 0 Å². The molecule has 88 valence electrons. The zero-order valence-corrected chi connectivity index (χ0v) is 9.91. The van der Waals surface area contributed by atoms with Gasteiger partial charge in [-0.2, -0.15) is 0 Å². The largest absolute Gasteiger partial charge is 0.495 e. The Hall–Kier alpha value is -1.55. The molecule has 0 aliphatic rings. The Balaban J connectivity index is 2.70. The molecular formula is C12H18N2O2. The van der Waals surface area contributed by atoms with Crippen LogP contribution < -0.4 is 15.8 Å². The molecule has 0 heterocycles. The summed E-state index contributed by atoms with van der Waals surface area (Å²) in [5.41, 5.74) is 5.93. The third-order valence-electron chi connectivity index (χ3n) is 2.00. The quantitative estimate of drug-likeness (QED) is 0.816. The molecule has 0 radical (unpaired) electrons. The SMILES string of the molecule is COc1ccccc1NC(=O)CC(C)(C)N. The molecule has 0 atom stereocenters. The summed E-state index contributed by atoms with van der Waals surface area (Å²) in [4.78, 5) is 11.6. The van der Waals surface area contributed by atoms with Gasteiger partial charge in [0.2, 0.25) is 5.91 Å². The van der Waals surface area contributed by atoms with Crippen LogP contribution in [0.3, 0.4) is 0 Å². The molecule has 0 unspecified atom stereocenters. The minimum atomic E-state index is -0.508. The number of para-hydroxylation sites is 2. The van der Waals surface area contributed by atoms with Crippen LogP contribution in [-0.2, 0) is 4.79 Å². The third-order valence-corrected chi connectivity index (χ3v) is 2.00. The van der Waals surface area contributed by atoms with Crippen molar-refractivity contribution in [2.75, 3.05) is 12.4 Å². The normalized spacial score (nSPS) is 11.0. The van der Waals surface area contributed by atoms with E-state index in [0.29, 0.717) is 11.4 Å². The monoisotopic (exact) mass is 222 g/mol. The van der Waals surface area contributed by atoms with Crippen molar-refractivity contribution in [3.05, 3.63) is 24.3 Å². The second kappa shape index (κ2) is 4.99. The molecule has 1 aromatic carbocycles. The van der Waals surface area contributed by atoms with Gasteiger partial charge < -0.3 is 15.8 Å². The Bertz CT molecular complexity index is 370. The van der Waals surface area contributed by atoms with Crippen molar-refractivity contribution in [1.82, 2.24) is 0 Å². The lowest BCUT2D eigenvalue weighted by atomic mass is 10.0. The van der Waals surface area contributed by atoms with Crippen LogP contribution in [0.25, 0.3) is 0 Å². The number of benzene rings is 1. The molecule has 0 saturated heterocycles. The number of rotatable bonds is 4. The summed E-state index contributed by atoms with van der Waals surface area (Å²) in [6, 6.07) is 7.27. The number of nitrogens with one attached hydrogen (secondary N) is 1. The maximum Gasteiger partial charge on any atom is 0.226 e. The molecule has 0 bridgehead atoms. The lowest BCUT2D eigenvalue weighted by molar-refractivity contribution is -0.117. The molecular weight excluding hydrogens is 204 g/mol. The predicted octanol–water partition coefficient (Wildman–Crippen LogP) is 1.76. The maximum atomic E-state index is 11.6. The molecule has 16 heavy (non-hydrogen) atoms. The zero-order valence-electron chi connectivity index (χ0n) is 9.91. The number of nitrogens with two attached hydrogens (primary N) is 1. The molecule has 0 aromatic heterocycles. The molecule has 0 saturated carbocycles. The van der Waals surface area contributed by atoms with E-state index in [4.69, 9.17) is 10.5 Å². The number of carbonyl (C=O) groups is 1. The number of amides is 1. The summed E-state index contributed by atoms with van der Waals surface area (Å²) in [6.45, 7) is 3.63. The van der Waals surface area contributed by atoms with Crippen molar-refractivity contribution >= 4 is 11.6 Å². The molecule has 0 aliphatic heterocycles. The summed E-state index contributed by atoms with van der Waals surface area (Å²) in [6.07, 6.45) is 0.269. The van der Waals surface area contributed by atoms with Gasteiger partial charge in [-0.15, -0.1) is 0 Å². The standard InChI is InChI=1S/C12H18N2O2/c1-12(2,13)8-11(15)14-9-6-4-5-7-10(9)16-3/h4-7H,8,13H2,1-3H3,(H,14,15). The molecule has 4 heteroatoms. The van der Waals surface area contributed by atoms with Gasteiger partial charge in [-0.3, -0.25) is 4.79 Å². The Morgan fingerprint density at radius 1 is 1.44 bits per heavy atom. The smallest absolute Gasteiger partial charge is 0.226 e. The van der Waals surface area contributed by atoms with Crippen molar-refractivity contribution in [3.8, 4) is 5.75 Å². The molecule has 1 aromatic rings. The molecule has 0 fully saturated rings. The van der Waals surface area contributed by atoms with E-state index < -0.39 is 5.54 Å². The topological polar surface area (TPSA) is 64.3 Å². The number of ether oxygens (including phenoxy) is 1. The first-order valence-corrected chi connectivity index (χ1v) is 5.14. The van der Waals surface area contributed by atoms with Crippen LogP contribution in [0.2, 0.25) is 0 Å². The molecule has 0 spiro atoms. The van der Waals surface area contributed by atoms with E-state index in [1.807, 2.05) is 26.0 Å². The summed E-state index contributed by atoms with van der Waals surface area (Å²) >= 11 is 0. The molecule has 1 rings (SSSR count). The lowest BCUT2D eigenvalue weighted by Crippen LogP contribution is -2.36. The highest BCUT2D eigenvalue weighted by molar-refractivity contribution is 5.92. The second-order valence-corrected chi connectivity index (χ2v) is 4.41. The highest BCUT2D eigenvalue weighted by Gasteiger charge is 2.17. The van der Waals surface area contributed by atoms with Crippen LogP contribution in [0.4, 0.5) is 5.69 Å². The lowest BCUT2D eigenvalue weighted by Gasteiger charge is -2.18. The number of methoxy groups -OCH3 is 1. The Morgan fingerprint density at radius 2 is 2.06 bits per heavy atom. The van der Waals surface area contributed by atoms with E-state index >= 15 is 0 Å². The van der Waals surface area contributed by atoms with Crippen LogP contribution in [0, 0.1) is 0 Å². The first-order chi connectivity index (χ1) is 7.42. The van der Waals surface area contributed by atoms with E-state index in [0.717, 1.165) is 0 Å². The molecule has 1 amide bonds. The first-order valence-electron chi connectivity index (χ1n) is 5.14. The number of anilines is 1. The number of hydrogen-bond donors (Lipinski definition) is 2. The molecule has 3 N–H and O–H groups in total. The summed E-state index contributed by atoms with van der Waals surface area (Å²) in [7, 11) is 1.57. The Morgan fingerprint density at radius 3 is 2.62 bits per heavy atom. The van der Waals surface area contributed by atoms with Crippen molar-refractivity contribution in [2.24, 2.45) is 5.73 Å². The average Bonchev–Trinajstić information content (AvgIpc) is 2.15. The van der Waals surface area contributed by atoms with E-state index in [2.05, 4.69) is 5.32 Å². The van der Waals surface area contributed by atoms with E-state index in [9.17, 15) is 4.79 Å². The highest BCUT2D eigenvalue weighted by atomic mass is 16.5. The van der Waals surface area contributed by atoms with Crippen molar-refractivity contribution < 1.29 is 9.53 Å². The minimum absolute atomic E-state index is 0.114. The first kappa shape index (κ1) is 12.5. The van der Waals surface area contributed by atoms with Gasteiger partial charge in [0.1, 0.15) is 5.75 Å². The van der Waals surface area contributed by atoms with Crippen LogP contribution in [0.15, 0.2) is 24.3 Å². The third kappa shape index (κ3) is 3.90. The Labute approximate surface area is 95.8 Å². The zero-order chi connectivity index (χ0) is 12.2. The summed E-state index contributed by atoms with van der Waals surface area (Å²) in [5.74, 6) is 0.530. The fourth-order valence-corrected chi connectivity index (χ4v) is 1.36. The van der Waals surface area contributed by atoms with Gasteiger partial charge in [0.05, 0.1) is 12.8 Å². The van der Waals surface area contributed by atoms with Gasteiger partial charge in [0, 0.05) is 12.0 Å². The minimum Gasteiger partial charge on any atom is -0.495 e. The number of hydrogen-bond acceptors (Lipinski definition) is 3. The van der Waals surface area contributed by atoms with Gasteiger partial charge in [0.15, 0.2) is 0 Å². The van der Waals surface area contributed by atoms with Gasteiger partial charge in [-0.05, 0) is 26.0 Å². The molecule has 0 aliphatic carbocycles.